The van der Waals surface area contributed by atoms with Crippen molar-refractivity contribution in [3.05, 3.63) is 75.9 Å². The maximum atomic E-state index is 12.1. The van der Waals surface area contributed by atoms with Crippen molar-refractivity contribution in [1.82, 2.24) is 15.3 Å². The van der Waals surface area contributed by atoms with Crippen molar-refractivity contribution < 1.29 is 4.79 Å². The number of rotatable bonds is 8. The predicted octanol–water partition coefficient (Wildman–Crippen LogP) is 5.54. The lowest BCUT2D eigenvalue weighted by molar-refractivity contribution is 0.0953. The zero-order chi connectivity index (χ0) is 23.9. The number of nitrogens with zero attached hydrogens (tertiary/aromatic N) is 4. The van der Waals surface area contributed by atoms with Crippen molar-refractivity contribution in [2.75, 3.05) is 42.5 Å². The van der Waals surface area contributed by atoms with Crippen molar-refractivity contribution in [3.63, 3.8) is 0 Å². The molecule has 0 atom stereocenters. The van der Waals surface area contributed by atoms with Gasteiger partial charge in [-0.3, -0.25) is 4.79 Å². The van der Waals surface area contributed by atoms with Crippen LogP contribution in [0.5, 0.6) is 0 Å². The van der Waals surface area contributed by atoms with Crippen molar-refractivity contribution in [2.45, 2.75) is 24.3 Å². The molecule has 9 heteroatoms. The normalized spacial score (nSPS) is 13.7. The van der Waals surface area contributed by atoms with Gasteiger partial charge in [-0.2, -0.15) is 0 Å². The summed E-state index contributed by atoms with van der Waals surface area (Å²) in [6, 6.07) is 17.4. The molecule has 4 rings (SSSR count). The largest absolute Gasteiger partial charge is 0.368 e. The number of hydrogen-bond donors (Lipinski definition) is 1. The average Bonchev–Trinajstić information content (AvgIpc) is 2.86. The van der Waals surface area contributed by atoms with Crippen LogP contribution in [0.2, 0.25) is 10.2 Å². The number of nitrogens with one attached hydrogen (secondary N) is 1. The smallest absolute Gasteiger partial charge is 0.251 e. The molecule has 0 bridgehead atoms. The summed E-state index contributed by atoms with van der Waals surface area (Å²) in [7, 11) is 0. The third-order valence-corrected chi connectivity index (χ3v) is 6.90. The van der Waals surface area contributed by atoms with Crippen molar-refractivity contribution in [3.8, 4) is 0 Å². The van der Waals surface area contributed by atoms with Crippen LogP contribution in [0, 0.1) is 0 Å². The summed E-state index contributed by atoms with van der Waals surface area (Å²) in [4.78, 5) is 25.8. The number of benzene rings is 2. The van der Waals surface area contributed by atoms with E-state index in [1.54, 1.807) is 0 Å². The molecule has 1 saturated heterocycles. The average molecular weight is 516 g/mol. The Morgan fingerprint density at radius 3 is 2.44 bits per heavy atom. The van der Waals surface area contributed by atoms with Gasteiger partial charge in [-0.25, -0.2) is 9.97 Å². The molecule has 2 aromatic carbocycles. The Balaban J connectivity index is 1.35. The minimum Gasteiger partial charge on any atom is -0.368 e. The van der Waals surface area contributed by atoms with Gasteiger partial charge in [0.25, 0.3) is 5.91 Å². The second kappa shape index (κ2) is 11.8. The van der Waals surface area contributed by atoms with Crippen LogP contribution >= 0.6 is 35.0 Å². The zero-order valence-corrected chi connectivity index (χ0v) is 21.3. The first kappa shape index (κ1) is 24.6. The van der Waals surface area contributed by atoms with Crippen LogP contribution in [0.15, 0.2) is 59.8 Å². The van der Waals surface area contributed by atoms with E-state index in [0.717, 1.165) is 54.7 Å². The first-order valence-corrected chi connectivity index (χ1v) is 13.1. The minimum absolute atomic E-state index is 0.0423. The number of piperazine rings is 1. The molecule has 1 amide bonds. The van der Waals surface area contributed by atoms with E-state index in [0.29, 0.717) is 28.2 Å². The molecule has 1 fully saturated rings. The van der Waals surface area contributed by atoms with Crippen LogP contribution < -0.4 is 15.1 Å². The predicted molar refractivity (Wildman–Crippen MR) is 142 cm³/mol. The van der Waals surface area contributed by atoms with Crippen LogP contribution in [0.1, 0.15) is 29.3 Å². The topological polar surface area (TPSA) is 61.4 Å². The molecule has 2 heterocycles. The van der Waals surface area contributed by atoms with Crippen LogP contribution in [-0.2, 0) is 5.75 Å². The molecular formula is C25H27Cl2N5OS. The van der Waals surface area contributed by atoms with E-state index in [-0.39, 0.29) is 5.91 Å². The van der Waals surface area contributed by atoms with E-state index < -0.39 is 0 Å². The number of carbonyl (C=O) groups excluding carboxylic acids is 1. The summed E-state index contributed by atoms with van der Waals surface area (Å²) in [5.41, 5.74) is 2.90. The Morgan fingerprint density at radius 1 is 1.00 bits per heavy atom. The van der Waals surface area contributed by atoms with E-state index in [4.69, 9.17) is 28.2 Å². The molecule has 1 aromatic heterocycles. The highest BCUT2D eigenvalue weighted by molar-refractivity contribution is 7.98. The van der Waals surface area contributed by atoms with Gasteiger partial charge in [0.05, 0.1) is 0 Å². The first-order valence-electron chi connectivity index (χ1n) is 11.3. The van der Waals surface area contributed by atoms with Gasteiger partial charge in [0.15, 0.2) is 5.16 Å². The highest BCUT2D eigenvalue weighted by Crippen LogP contribution is 2.27. The van der Waals surface area contributed by atoms with Gasteiger partial charge in [0, 0.05) is 60.8 Å². The number of hydrogen-bond acceptors (Lipinski definition) is 6. The number of aromatic nitrogens is 2. The van der Waals surface area contributed by atoms with Gasteiger partial charge >= 0.3 is 0 Å². The lowest BCUT2D eigenvalue weighted by atomic mass is 10.1. The fourth-order valence-corrected chi connectivity index (χ4v) is 4.94. The summed E-state index contributed by atoms with van der Waals surface area (Å²) in [6.45, 7) is 6.15. The molecule has 3 aromatic rings. The molecule has 178 valence electrons. The monoisotopic (exact) mass is 515 g/mol. The summed E-state index contributed by atoms with van der Waals surface area (Å²) in [6.07, 6.45) is 0.916. The highest BCUT2D eigenvalue weighted by atomic mass is 35.5. The van der Waals surface area contributed by atoms with Gasteiger partial charge in [-0.05, 0) is 42.3 Å². The Labute approximate surface area is 214 Å². The highest BCUT2D eigenvalue weighted by Gasteiger charge is 2.20. The van der Waals surface area contributed by atoms with Crippen LogP contribution in [0.4, 0.5) is 11.5 Å². The molecule has 0 unspecified atom stereocenters. The second-order valence-electron chi connectivity index (χ2n) is 8.03. The van der Waals surface area contributed by atoms with Gasteiger partial charge in [-0.15, -0.1) is 0 Å². The van der Waals surface area contributed by atoms with Crippen LogP contribution in [0.25, 0.3) is 0 Å². The van der Waals surface area contributed by atoms with Gasteiger partial charge < -0.3 is 15.1 Å². The SMILES string of the molecule is CCCNC(=O)c1ccc(CSc2nc(Cl)cc(N3CCN(c4cccc(Cl)c4)CC3)n2)cc1. The maximum Gasteiger partial charge on any atom is 0.251 e. The Hall–Kier alpha value is -2.48. The van der Waals surface area contributed by atoms with Gasteiger partial charge in [0.1, 0.15) is 11.0 Å². The van der Waals surface area contributed by atoms with E-state index in [1.165, 1.54) is 11.8 Å². The lowest BCUT2D eigenvalue weighted by Crippen LogP contribution is -2.46. The molecule has 34 heavy (non-hydrogen) atoms. The second-order valence-corrected chi connectivity index (χ2v) is 9.79. The van der Waals surface area contributed by atoms with Crippen LogP contribution in [0.3, 0.4) is 0 Å². The maximum absolute atomic E-state index is 12.1. The van der Waals surface area contributed by atoms with Crippen molar-refractivity contribution in [1.29, 1.82) is 0 Å². The van der Waals surface area contributed by atoms with E-state index in [2.05, 4.69) is 26.2 Å². The molecule has 1 aliphatic heterocycles. The number of halogens is 2. The molecule has 1 aliphatic rings. The summed E-state index contributed by atoms with van der Waals surface area (Å²) >= 11 is 14.0. The lowest BCUT2D eigenvalue weighted by Gasteiger charge is -2.36. The number of amides is 1. The number of anilines is 2. The third-order valence-electron chi connectivity index (χ3n) is 5.56. The van der Waals surface area contributed by atoms with E-state index in [9.17, 15) is 4.79 Å². The fraction of sp³-hybridized carbons (Fsp3) is 0.320. The molecule has 0 saturated carbocycles. The molecular weight excluding hydrogens is 489 g/mol. The Kier molecular flexibility index (Phi) is 8.53. The Morgan fingerprint density at radius 2 is 1.74 bits per heavy atom. The van der Waals surface area contributed by atoms with E-state index in [1.807, 2.05) is 55.5 Å². The van der Waals surface area contributed by atoms with Crippen molar-refractivity contribution in [2.24, 2.45) is 0 Å². The van der Waals surface area contributed by atoms with E-state index >= 15 is 0 Å². The quantitative estimate of drug-likeness (QED) is 0.241. The summed E-state index contributed by atoms with van der Waals surface area (Å²) in [5.74, 6) is 1.50. The number of carbonyl (C=O) groups is 1. The van der Waals surface area contributed by atoms with Crippen molar-refractivity contribution >= 4 is 52.4 Å². The molecule has 0 aliphatic carbocycles. The van der Waals surface area contributed by atoms with Crippen LogP contribution in [-0.4, -0.2) is 48.6 Å². The molecule has 1 N–H and O–H groups in total. The number of thioether (sulfide) groups is 1. The summed E-state index contributed by atoms with van der Waals surface area (Å²) in [5, 5.41) is 4.72. The standard InChI is InChI=1S/C25H27Cl2N5OS/c1-2-10-28-24(33)19-8-6-18(7-9-19)17-34-25-29-22(27)16-23(30-25)32-13-11-31(12-14-32)21-5-3-4-20(26)15-21/h3-9,15-16H,2,10-14,17H2,1H3,(H,28,33). The third kappa shape index (κ3) is 6.56. The minimum atomic E-state index is -0.0423. The zero-order valence-electron chi connectivity index (χ0n) is 19.0. The fourth-order valence-electron chi connectivity index (χ4n) is 3.72. The van der Waals surface area contributed by atoms with Gasteiger partial charge in [-0.1, -0.05) is 60.1 Å². The Bertz CT molecular complexity index is 1120. The summed E-state index contributed by atoms with van der Waals surface area (Å²) < 4.78 is 0. The van der Waals surface area contributed by atoms with Gasteiger partial charge in [0.2, 0.25) is 0 Å². The molecule has 0 radical (unpaired) electrons. The first-order chi connectivity index (χ1) is 16.5. The molecule has 0 spiro atoms. The molecule has 6 nitrogen and oxygen atoms in total.